The monoisotopic (exact) mass is 430 g/mol. The van der Waals surface area contributed by atoms with Crippen LogP contribution >= 0.6 is 11.3 Å². The van der Waals surface area contributed by atoms with Crippen molar-refractivity contribution >= 4 is 34.0 Å². The number of anilines is 2. The summed E-state index contributed by atoms with van der Waals surface area (Å²) in [5.41, 5.74) is 3.95. The average molecular weight is 430 g/mol. The SMILES string of the molecule is CC(=O)N(c1nc(COC(=O)c2cc(F)cc(F)c2)cs1)c1c(C)cc(C)cc1C. The summed E-state index contributed by atoms with van der Waals surface area (Å²) in [6.07, 6.45) is 0. The molecule has 0 unspecified atom stereocenters. The molecule has 0 N–H and O–H groups in total. The molecule has 2 aromatic carbocycles. The van der Waals surface area contributed by atoms with Gasteiger partial charge in [0.25, 0.3) is 0 Å². The molecule has 0 bridgehead atoms. The number of halogens is 2. The van der Waals surface area contributed by atoms with Gasteiger partial charge < -0.3 is 4.74 Å². The Bertz CT molecular complexity index is 1080. The molecule has 5 nitrogen and oxygen atoms in total. The van der Waals surface area contributed by atoms with Gasteiger partial charge in [-0.3, -0.25) is 9.69 Å². The van der Waals surface area contributed by atoms with E-state index in [0.717, 1.165) is 34.5 Å². The number of nitrogens with zero attached hydrogens (tertiary/aromatic N) is 2. The normalized spacial score (nSPS) is 10.7. The molecule has 0 aliphatic heterocycles. The van der Waals surface area contributed by atoms with E-state index in [1.165, 1.54) is 23.2 Å². The van der Waals surface area contributed by atoms with Crippen LogP contribution < -0.4 is 4.90 Å². The van der Waals surface area contributed by atoms with Crippen LogP contribution in [0.3, 0.4) is 0 Å². The minimum Gasteiger partial charge on any atom is -0.456 e. The van der Waals surface area contributed by atoms with Crippen molar-refractivity contribution < 1.29 is 23.1 Å². The zero-order valence-corrected chi connectivity index (χ0v) is 17.8. The maximum Gasteiger partial charge on any atom is 0.338 e. The highest BCUT2D eigenvalue weighted by atomic mass is 32.1. The molecule has 1 aromatic heterocycles. The standard InChI is InChI=1S/C22H20F2N2O3S/c1-12-5-13(2)20(14(3)6-12)26(15(4)27)22-25-19(11-30-22)10-29-21(28)16-7-17(23)9-18(24)8-16/h5-9,11H,10H2,1-4H3. The quantitative estimate of drug-likeness (QED) is 0.510. The molecule has 3 aromatic rings. The second-order valence-corrected chi connectivity index (χ2v) is 7.79. The molecule has 0 radical (unpaired) electrons. The van der Waals surface area contributed by atoms with E-state index in [1.54, 1.807) is 5.38 Å². The number of esters is 1. The molecule has 0 saturated heterocycles. The molecule has 1 heterocycles. The number of carbonyl (C=O) groups excluding carboxylic acids is 2. The number of hydrogen-bond acceptors (Lipinski definition) is 5. The lowest BCUT2D eigenvalue weighted by Gasteiger charge is -2.23. The lowest BCUT2D eigenvalue weighted by atomic mass is 10.0. The van der Waals surface area contributed by atoms with Gasteiger partial charge in [0.15, 0.2) is 5.13 Å². The number of amides is 1. The zero-order chi connectivity index (χ0) is 22.0. The van der Waals surface area contributed by atoms with E-state index in [0.29, 0.717) is 16.9 Å². The van der Waals surface area contributed by atoms with Crippen molar-refractivity contribution in [3.8, 4) is 0 Å². The van der Waals surface area contributed by atoms with Gasteiger partial charge in [-0.15, -0.1) is 11.3 Å². The van der Waals surface area contributed by atoms with Crippen LogP contribution in [0, 0.1) is 32.4 Å². The van der Waals surface area contributed by atoms with Crippen LogP contribution in [-0.2, 0) is 16.1 Å². The highest BCUT2D eigenvalue weighted by Crippen LogP contribution is 2.34. The van der Waals surface area contributed by atoms with E-state index in [-0.39, 0.29) is 18.1 Å². The summed E-state index contributed by atoms with van der Waals surface area (Å²) in [7, 11) is 0. The van der Waals surface area contributed by atoms with Gasteiger partial charge in [0, 0.05) is 18.4 Å². The lowest BCUT2D eigenvalue weighted by Crippen LogP contribution is -2.24. The molecule has 156 valence electrons. The Morgan fingerprint density at radius 3 is 2.20 bits per heavy atom. The van der Waals surface area contributed by atoms with Crippen molar-refractivity contribution in [2.24, 2.45) is 0 Å². The Morgan fingerprint density at radius 1 is 1.03 bits per heavy atom. The zero-order valence-electron chi connectivity index (χ0n) is 17.0. The van der Waals surface area contributed by atoms with Gasteiger partial charge in [-0.05, 0) is 44.0 Å². The van der Waals surface area contributed by atoms with Crippen molar-refractivity contribution in [2.45, 2.75) is 34.3 Å². The van der Waals surface area contributed by atoms with Crippen molar-refractivity contribution in [1.29, 1.82) is 0 Å². The second kappa shape index (κ2) is 8.71. The fourth-order valence-corrected chi connectivity index (χ4v) is 4.13. The minimum absolute atomic E-state index is 0.189. The molecule has 0 fully saturated rings. The number of aryl methyl sites for hydroxylation is 3. The molecule has 30 heavy (non-hydrogen) atoms. The Morgan fingerprint density at radius 2 is 1.63 bits per heavy atom. The third-order valence-corrected chi connectivity index (χ3v) is 5.23. The molecule has 0 aliphatic carbocycles. The average Bonchev–Trinajstić information content (AvgIpc) is 3.09. The van der Waals surface area contributed by atoms with Crippen LogP contribution in [0.5, 0.6) is 0 Å². The minimum atomic E-state index is -0.864. The first-order chi connectivity index (χ1) is 14.2. The van der Waals surface area contributed by atoms with E-state index in [9.17, 15) is 18.4 Å². The Balaban J connectivity index is 1.80. The highest BCUT2D eigenvalue weighted by Gasteiger charge is 2.22. The highest BCUT2D eigenvalue weighted by molar-refractivity contribution is 7.14. The first-order valence-corrected chi connectivity index (χ1v) is 10.00. The number of benzene rings is 2. The van der Waals surface area contributed by atoms with Crippen LogP contribution in [0.2, 0.25) is 0 Å². The molecule has 0 atom stereocenters. The smallest absolute Gasteiger partial charge is 0.338 e. The van der Waals surface area contributed by atoms with Gasteiger partial charge in [-0.1, -0.05) is 17.7 Å². The van der Waals surface area contributed by atoms with Gasteiger partial charge >= 0.3 is 5.97 Å². The summed E-state index contributed by atoms with van der Waals surface area (Å²) in [5, 5.41) is 2.12. The molecular weight excluding hydrogens is 410 g/mol. The van der Waals surface area contributed by atoms with Gasteiger partial charge in [0.05, 0.1) is 16.9 Å². The van der Waals surface area contributed by atoms with Gasteiger partial charge in [-0.2, -0.15) is 0 Å². The maximum absolute atomic E-state index is 13.3. The summed E-state index contributed by atoms with van der Waals surface area (Å²) in [6.45, 7) is 7.12. The van der Waals surface area contributed by atoms with Crippen molar-refractivity contribution in [2.75, 3.05) is 4.90 Å². The predicted molar refractivity (Wildman–Crippen MR) is 111 cm³/mol. The van der Waals surface area contributed by atoms with Crippen LogP contribution in [0.15, 0.2) is 35.7 Å². The van der Waals surface area contributed by atoms with E-state index in [1.807, 2.05) is 32.9 Å². The first kappa shape index (κ1) is 21.6. The lowest BCUT2D eigenvalue weighted by molar-refractivity contribution is -0.115. The van der Waals surface area contributed by atoms with Crippen LogP contribution in [-0.4, -0.2) is 16.9 Å². The van der Waals surface area contributed by atoms with E-state index < -0.39 is 17.6 Å². The Labute approximate surface area is 176 Å². The summed E-state index contributed by atoms with van der Waals surface area (Å²) in [5.74, 6) is -2.78. The largest absolute Gasteiger partial charge is 0.456 e. The number of hydrogen-bond donors (Lipinski definition) is 0. The fourth-order valence-electron chi connectivity index (χ4n) is 3.27. The third-order valence-electron chi connectivity index (χ3n) is 4.35. The molecule has 0 spiro atoms. The van der Waals surface area contributed by atoms with Gasteiger partial charge in [0.1, 0.15) is 18.2 Å². The topological polar surface area (TPSA) is 59.5 Å². The molecular formula is C22H20F2N2O3S. The van der Waals surface area contributed by atoms with Crippen molar-refractivity contribution in [3.63, 3.8) is 0 Å². The Kier molecular flexibility index (Phi) is 6.26. The predicted octanol–water partition coefficient (Wildman–Crippen LogP) is 5.39. The molecule has 0 aliphatic rings. The summed E-state index contributed by atoms with van der Waals surface area (Å²) >= 11 is 1.24. The number of thiazole rings is 1. The van der Waals surface area contributed by atoms with Crippen LogP contribution in [0.25, 0.3) is 0 Å². The maximum atomic E-state index is 13.3. The third kappa shape index (κ3) is 4.71. The second-order valence-electron chi connectivity index (χ2n) is 6.96. The first-order valence-electron chi connectivity index (χ1n) is 9.12. The van der Waals surface area contributed by atoms with E-state index >= 15 is 0 Å². The molecule has 8 heteroatoms. The molecule has 1 amide bonds. The van der Waals surface area contributed by atoms with Crippen molar-refractivity contribution in [3.05, 3.63) is 75.3 Å². The number of ether oxygens (including phenoxy) is 1. The van der Waals surface area contributed by atoms with E-state index in [2.05, 4.69) is 4.98 Å². The van der Waals surface area contributed by atoms with Crippen LogP contribution in [0.4, 0.5) is 19.6 Å². The number of carbonyl (C=O) groups is 2. The molecule has 0 saturated carbocycles. The van der Waals surface area contributed by atoms with Crippen molar-refractivity contribution in [1.82, 2.24) is 4.98 Å². The van der Waals surface area contributed by atoms with E-state index in [4.69, 9.17) is 4.74 Å². The van der Waals surface area contributed by atoms with Crippen LogP contribution in [0.1, 0.15) is 39.7 Å². The number of aromatic nitrogens is 1. The van der Waals surface area contributed by atoms with Gasteiger partial charge in [-0.25, -0.2) is 18.6 Å². The Hall–Kier alpha value is -3.13. The summed E-state index contributed by atoms with van der Waals surface area (Å²) in [4.78, 5) is 30.4. The fraction of sp³-hybridized carbons (Fsp3) is 0.227. The molecule has 3 rings (SSSR count). The summed E-state index contributed by atoms with van der Waals surface area (Å²) in [6, 6.07) is 6.46. The summed E-state index contributed by atoms with van der Waals surface area (Å²) < 4.78 is 31.7. The number of rotatable bonds is 5. The van der Waals surface area contributed by atoms with Gasteiger partial charge in [0.2, 0.25) is 5.91 Å².